The molecule has 148 valence electrons. The molecular formula is C21H15ClO7. The molecule has 0 heterocycles. The molecule has 0 aliphatic heterocycles. The number of aldehydes is 1. The zero-order valence-electron chi connectivity index (χ0n) is 15.3. The van der Waals surface area contributed by atoms with E-state index in [0.717, 1.165) is 5.56 Å². The number of hydrogen-bond acceptors (Lipinski definition) is 7. The standard InChI is InChI=1S/C21H15ClO7/c1-2-29-15-6-3-12(4-7-15)9-14-10-13(5-8-16(14)22)18(25)20(27)21(28)19(26)17(24)11-23/h3-8,10-11H,2,9H2,1H3. The first kappa shape index (κ1) is 21.8. The third-order valence-electron chi connectivity index (χ3n) is 3.89. The Kier molecular flexibility index (Phi) is 7.27. The number of halogens is 1. The van der Waals surface area contributed by atoms with Crippen molar-refractivity contribution in [2.24, 2.45) is 0 Å². The van der Waals surface area contributed by atoms with Crippen molar-refractivity contribution in [2.45, 2.75) is 13.3 Å². The molecule has 2 aromatic carbocycles. The Balaban J connectivity index is 2.23. The molecule has 0 saturated carbocycles. The number of benzene rings is 2. The van der Waals surface area contributed by atoms with Crippen LogP contribution in [0.25, 0.3) is 0 Å². The molecule has 0 aliphatic rings. The zero-order chi connectivity index (χ0) is 21.6. The Labute approximate surface area is 170 Å². The average molecular weight is 415 g/mol. The van der Waals surface area contributed by atoms with Gasteiger partial charge in [-0.1, -0.05) is 23.7 Å². The molecule has 0 bridgehead atoms. The number of rotatable bonds is 10. The number of hydrogen-bond donors (Lipinski definition) is 0. The van der Waals surface area contributed by atoms with Crippen LogP contribution in [0.15, 0.2) is 42.5 Å². The van der Waals surface area contributed by atoms with Gasteiger partial charge in [-0.3, -0.25) is 28.8 Å². The molecule has 0 N–H and O–H groups in total. The Morgan fingerprint density at radius 2 is 1.59 bits per heavy atom. The van der Waals surface area contributed by atoms with E-state index < -0.39 is 35.2 Å². The van der Waals surface area contributed by atoms with Crippen LogP contribution in [0.4, 0.5) is 0 Å². The van der Waals surface area contributed by atoms with Crippen LogP contribution in [-0.2, 0) is 30.4 Å². The van der Waals surface area contributed by atoms with Gasteiger partial charge in [-0.2, -0.15) is 0 Å². The van der Waals surface area contributed by atoms with E-state index in [1.165, 1.54) is 18.2 Å². The third kappa shape index (κ3) is 5.30. The maximum Gasteiger partial charge on any atom is 0.281 e. The van der Waals surface area contributed by atoms with Crippen molar-refractivity contribution in [3.05, 3.63) is 64.2 Å². The lowest BCUT2D eigenvalue weighted by Crippen LogP contribution is -2.35. The molecule has 0 saturated heterocycles. The molecule has 2 rings (SSSR count). The summed E-state index contributed by atoms with van der Waals surface area (Å²) in [5.41, 5.74) is 1.20. The second-order valence-corrected chi connectivity index (χ2v) is 6.27. The Hall–Kier alpha value is -3.45. The maximum atomic E-state index is 12.3. The predicted octanol–water partition coefficient (Wildman–Crippen LogP) is 1.99. The Morgan fingerprint density at radius 3 is 2.17 bits per heavy atom. The molecule has 0 aromatic heterocycles. The number of carbonyl (C=O) groups is 6. The molecule has 8 heteroatoms. The van der Waals surface area contributed by atoms with Gasteiger partial charge in [0.1, 0.15) is 5.75 Å². The first-order valence-corrected chi connectivity index (χ1v) is 8.83. The van der Waals surface area contributed by atoms with Gasteiger partial charge in [-0.15, -0.1) is 0 Å². The zero-order valence-corrected chi connectivity index (χ0v) is 16.0. The van der Waals surface area contributed by atoms with Crippen LogP contribution in [0.5, 0.6) is 5.75 Å². The van der Waals surface area contributed by atoms with Gasteiger partial charge in [0.2, 0.25) is 5.78 Å². The summed E-state index contributed by atoms with van der Waals surface area (Å²) in [7, 11) is 0. The van der Waals surface area contributed by atoms with Crippen molar-refractivity contribution in [3.63, 3.8) is 0 Å². The molecule has 0 aliphatic carbocycles. The van der Waals surface area contributed by atoms with Crippen LogP contribution in [0, 0.1) is 0 Å². The first-order valence-electron chi connectivity index (χ1n) is 8.45. The van der Waals surface area contributed by atoms with Gasteiger partial charge < -0.3 is 4.74 Å². The summed E-state index contributed by atoms with van der Waals surface area (Å²) in [6.07, 6.45) is -0.0632. The average Bonchev–Trinajstić information content (AvgIpc) is 2.74. The minimum absolute atomic E-state index is 0.167. The molecule has 0 unspecified atom stereocenters. The van der Waals surface area contributed by atoms with Gasteiger partial charge in [0.25, 0.3) is 23.1 Å². The lowest BCUT2D eigenvalue weighted by molar-refractivity contribution is -0.148. The summed E-state index contributed by atoms with van der Waals surface area (Å²) in [6.45, 7) is 2.40. The molecular weight excluding hydrogens is 400 g/mol. The summed E-state index contributed by atoms with van der Waals surface area (Å²) in [4.78, 5) is 68.4. The largest absolute Gasteiger partial charge is 0.494 e. The van der Waals surface area contributed by atoms with Gasteiger partial charge in [0, 0.05) is 10.6 Å². The number of Topliss-reactive ketones (excluding diaryl/α,β-unsaturated/α-hetero) is 5. The van der Waals surface area contributed by atoms with Crippen LogP contribution in [0.3, 0.4) is 0 Å². The van der Waals surface area contributed by atoms with Crippen LogP contribution in [0.1, 0.15) is 28.4 Å². The van der Waals surface area contributed by atoms with E-state index in [2.05, 4.69) is 0 Å². The molecule has 29 heavy (non-hydrogen) atoms. The second-order valence-electron chi connectivity index (χ2n) is 5.86. The summed E-state index contributed by atoms with van der Waals surface area (Å²) in [5.74, 6) is -7.66. The van der Waals surface area contributed by atoms with Crippen molar-refractivity contribution in [1.82, 2.24) is 0 Å². The van der Waals surface area contributed by atoms with Crippen molar-refractivity contribution in [2.75, 3.05) is 6.61 Å². The summed E-state index contributed by atoms with van der Waals surface area (Å²) >= 11 is 6.16. The Bertz CT molecular complexity index is 1010. The van der Waals surface area contributed by atoms with Crippen LogP contribution in [0.2, 0.25) is 5.02 Å². The highest BCUT2D eigenvalue weighted by atomic mass is 35.5. The minimum Gasteiger partial charge on any atom is -0.494 e. The normalized spacial score (nSPS) is 10.1. The van der Waals surface area contributed by atoms with Crippen LogP contribution in [-0.4, -0.2) is 41.8 Å². The fourth-order valence-corrected chi connectivity index (χ4v) is 2.63. The third-order valence-corrected chi connectivity index (χ3v) is 4.26. The number of ketones is 5. The second kappa shape index (κ2) is 9.66. The SMILES string of the molecule is CCOc1ccc(Cc2cc(C(=O)C(=O)C(=O)C(=O)C(=O)C=O)ccc2Cl)cc1. The fraction of sp³-hybridized carbons (Fsp3) is 0.143. The highest BCUT2D eigenvalue weighted by Gasteiger charge is 2.33. The van der Waals surface area contributed by atoms with Gasteiger partial charge >= 0.3 is 0 Å². The minimum atomic E-state index is -1.85. The van der Waals surface area contributed by atoms with E-state index in [-0.39, 0.29) is 5.56 Å². The highest BCUT2D eigenvalue weighted by molar-refractivity contribution is 6.91. The molecule has 0 amide bonds. The van der Waals surface area contributed by atoms with E-state index in [1.807, 2.05) is 19.1 Å². The predicted molar refractivity (Wildman–Crippen MR) is 102 cm³/mol. The Morgan fingerprint density at radius 1 is 0.931 bits per heavy atom. The molecule has 0 spiro atoms. The van der Waals surface area contributed by atoms with Gasteiger partial charge in [0.15, 0.2) is 6.29 Å². The first-order chi connectivity index (χ1) is 13.8. The van der Waals surface area contributed by atoms with Crippen LogP contribution >= 0.6 is 11.6 Å². The van der Waals surface area contributed by atoms with E-state index in [1.54, 1.807) is 12.1 Å². The smallest absolute Gasteiger partial charge is 0.281 e. The molecule has 2 aromatic rings. The van der Waals surface area contributed by atoms with Crippen molar-refractivity contribution < 1.29 is 33.5 Å². The van der Waals surface area contributed by atoms with E-state index in [0.29, 0.717) is 29.4 Å². The maximum absolute atomic E-state index is 12.3. The summed E-state index contributed by atoms with van der Waals surface area (Å²) in [5, 5.41) is 0.335. The summed E-state index contributed by atoms with van der Waals surface area (Å²) < 4.78 is 5.36. The van der Waals surface area contributed by atoms with Gasteiger partial charge in [-0.25, -0.2) is 0 Å². The topological polar surface area (TPSA) is 112 Å². The highest BCUT2D eigenvalue weighted by Crippen LogP contribution is 2.23. The fourth-order valence-electron chi connectivity index (χ4n) is 2.44. The quantitative estimate of drug-likeness (QED) is 0.253. The molecule has 0 fully saturated rings. The monoisotopic (exact) mass is 414 g/mol. The van der Waals surface area contributed by atoms with E-state index in [9.17, 15) is 28.8 Å². The molecule has 0 atom stereocenters. The van der Waals surface area contributed by atoms with E-state index in [4.69, 9.17) is 16.3 Å². The van der Waals surface area contributed by atoms with Crippen LogP contribution < -0.4 is 4.74 Å². The molecule has 0 radical (unpaired) electrons. The van der Waals surface area contributed by atoms with E-state index >= 15 is 0 Å². The summed E-state index contributed by atoms with van der Waals surface area (Å²) in [6, 6.07) is 11.1. The molecule has 7 nitrogen and oxygen atoms in total. The van der Waals surface area contributed by atoms with Gasteiger partial charge in [0.05, 0.1) is 6.61 Å². The van der Waals surface area contributed by atoms with Crippen molar-refractivity contribution >= 4 is 46.8 Å². The van der Waals surface area contributed by atoms with Gasteiger partial charge in [-0.05, 0) is 54.8 Å². The lowest BCUT2D eigenvalue weighted by atomic mass is 9.97. The number of ether oxygens (including phenoxy) is 1. The number of carbonyl (C=O) groups excluding carboxylic acids is 6. The van der Waals surface area contributed by atoms with Crippen molar-refractivity contribution in [1.29, 1.82) is 0 Å². The lowest BCUT2D eigenvalue weighted by Gasteiger charge is -2.08. The van der Waals surface area contributed by atoms with Crippen molar-refractivity contribution in [3.8, 4) is 5.75 Å².